The summed E-state index contributed by atoms with van der Waals surface area (Å²) < 4.78 is 0. The smallest absolute Gasteiger partial charge is 0.310 e. The highest BCUT2D eigenvalue weighted by atomic mass is 16.4. The van der Waals surface area contributed by atoms with Crippen molar-refractivity contribution in [3.63, 3.8) is 0 Å². The van der Waals surface area contributed by atoms with Gasteiger partial charge in [-0.15, -0.1) is 0 Å². The predicted molar refractivity (Wildman–Crippen MR) is 56.5 cm³/mol. The maximum absolute atomic E-state index is 10.9. The van der Waals surface area contributed by atoms with Gasteiger partial charge in [0, 0.05) is 0 Å². The van der Waals surface area contributed by atoms with Crippen molar-refractivity contribution in [2.45, 2.75) is 32.6 Å². The molecule has 0 aliphatic carbocycles. The van der Waals surface area contributed by atoms with Gasteiger partial charge < -0.3 is 5.11 Å². The molecule has 14 heavy (non-hydrogen) atoms. The van der Waals surface area contributed by atoms with E-state index in [0.29, 0.717) is 6.42 Å². The van der Waals surface area contributed by atoms with E-state index in [2.05, 4.69) is 6.92 Å². The minimum absolute atomic E-state index is 0.360. The summed E-state index contributed by atoms with van der Waals surface area (Å²) in [5.41, 5.74) is 2.11. The molecule has 0 fully saturated rings. The second-order valence-corrected chi connectivity index (χ2v) is 3.40. The third-order valence-electron chi connectivity index (χ3n) is 2.47. The van der Waals surface area contributed by atoms with Crippen LogP contribution >= 0.6 is 0 Å². The van der Waals surface area contributed by atoms with Crippen LogP contribution in [-0.2, 0) is 11.2 Å². The Kier molecular flexibility index (Phi) is 3.69. The molecule has 0 heterocycles. The third-order valence-corrected chi connectivity index (χ3v) is 2.47. The van der Waals surface area contributed by atoms with Crippen molar-refractivity contribution in [1.29, 1.82) is 0 Å². The van der Waals surface area contributed by atoms with E-state index in [1.807, 2.05) is 31.2 Å². The van der Waals surface area contributed by atoms with E-state index in [9.17, 15) is 4.79 Å². The monoisotopic (exact) mass is 192 g/mol. The molecule has 0 radical (unpaired) electrons. The molecule has 1 N–H and O–H groups in total. The maximum Gasteiger partial charge on any atom is 0.310 e. The molecule has 0 bridgehead atoms. The molecule has 1 aromatic rings. The fourth-order valence-corrected chi connectivity index (χ4v) is 1.58. The van der Waals surface area contributed by atoms with E-state index in [1.165, 1.54) is 5.56 Å². The van der Waals surface area contributed by atoms with Crippen LogP contribution in [0.2, 0.25) is 0 Å². The molecule has 1 aromatic carbocycles. The standard InChI is InChI=1S/C12H16O2/c1-3-9-6-5-7-10(8-9)11(4-2)12(13)14/h5-8,11H,3-4H2,1-2H3,(H,13,14). The van der Waals surface area contributed by atoms with E-state index in [1.54, 1.807) is 0 Å². The Morgan fingerprint density at radius 2 is 2.14 bits per heavy atom. The van der Waals surface area contributed by atoms with Crippen molar-refractivity contribution >= 4 is 5.97 Å². The van der Waals surface area contributed by atoms with E-state index >= 15 is 0 Å². The highest BCUT2D eigenvalue weighted by Gasteiger charge is 2.16. The van der Waals surface area contributed by atoms with Crippen LogP contribution in [0.4, 0.5) is 0 Å². The SMILES string of the molecule is CCc1cccc(C(CC)C(=O)O)c1. The molecular weight excluding hydrogens is 176 g/mol. The summed E-state index contributed by atoms with van der Waals surface area (Å²) in [6, 6.07) is 7.83. The number of carbonyl (C=O) groups is 1. The first-order valence-electron chi connectivity index (χ1n) is 5.00. The molecule has 0 spiro atoms. The number of aryl methyl sites for hydroxylation is 1. The van der Waals surface area contributed by atoms with Crippen molar-refractivity contribution < 1.29 is 9.90 Å². The van der Waals surface area contributed by atoms with Crippen molar-refractivity contribution in [1.82, 2.24) is 0 Å². The Bertz CT molecular complexity index is 318. The lowest BCUT2D eigenvalue weighted by Gasteiger charge is -2.10. The molecule has 76 valence electrons. The largest absolute Gasteiger partial charge is 0.481 e. The van der Waals surface area contributed by atoms with E-state index in [-0.39, 0.29) is 5.92 Å². The van der Waals surface area contributed by atoms with E-state index in [0.717, 1.165) is 12.0 Å². The van der Waals surface area contributed by atoms with Crippen molar-refractivity contribution in [2.75, 3.05) is 0 Å². The third kappa shape index (κ3) is 2.34. The summed E-state index contributed by atoms with van der Waals surface area (Å²) in [6.07, 6.45) is 1.59. The summed E-state index contributed by atoms with van der Waals surface area (Å²) in [4.78, 5) is 10.9. The number of hydrogen-bond acceptors (Lipinski definition) is 1. The lowest BCUT2D eigenvalue weighted by molar-refractivity contribution is -0.138. The second-order valence-electron chi connectivity index (χ2n) is 3.40. The van der Waals surface area contributed by atoms with Crippen molar-refractivity contribution in [2.24, 2.45) is 0 Å². The van der Waals surface area contributed by atoms with Crippen LogP contribution < -0.4 is 0 Å². The predicted octanol–water partition coefficient (Wildman–Crippen LogP) is 2.83. The van der Waals surface area contributed by atoms with Crippen LogP contribution in [0.5, 0.6) is 0 Å². The zero-order valence-electron chi connectivity index (χ0n) is 8.66. The number of carboxylic acids is 1. The lowest BCUT2D eigenvalue weighted by Crippen LogP contribution is -2.10. The van der Waals surface area contributed by atoms with Crippen LogP contribution in [0.25, 0.3) is 0 Å². The van der Waals surface area contributed by atoms with Gasteiger partial charge in [0.15, 0.2) is 0 Å². The Balaban J connectivity index is 2.98. The molecule has 0 aliphatic heterocycles. The molecule has 2 nitrogen and oxygen atoms in total. The average Bonchev–Trinajstić information content (AvgIpc) is 2.19. The highest BCUT2D eigenvalue weighted by molar-refractivity contribution is 5.76. The number of rotatable bonds is 4. The van der Waals surface area contributed by atoms with Crippen LogP contribution in [0, 0.1) is 0 Å². The maximum atomic E-state index is 10.9. The van der Waals surface area contributed by atoms with Gasteiger partial charge in [0.2, 0.25) is 0 Å². The first-order chi connectivity index (χ1) is 6.69. The number of benzene rings is 1. The van der Waals surface area contributed by atoms with Gasteiger partial charge in [0.1, 0.15) is 0 Å². The molecule has 0 aromatic heterocycles. The van der Waals surface area contributed by atoms with Gasteiger partial charge in [-0.1, -0.05) is 38.1 Å². The first-order valence-corrected chi connectivity index (χ1v) is 5.00. The minimum Gasteiger partial charge on any atom is -0.481 e. The quantitative estimate of drug-likeness (QED) is 0.796. The Morgan fingerprint density at radius 3 is 2.64 bits per heavy atom. The van der Waals surface area contributed by atoms with Gasteiger partial charge in [-0.2, -0.15) is 0 Å². The zero-order chi connectivity index (χ0) is 10.6. The molecule has 0 saturated carbocycles. The molecule has 0 amide bonds. The Morgan fingerprint density at radius 1 is 1.43 bits per heavy atom. The van der Waals surface area contributed by atoms with Crippen LogP contribution in [0.15, 0.2) is 24.3 Å². The van der Waals surface area contributed by atoms with Gasteiger partial charge in [0.25, 0.3) is 0 Å². The number of aliphatic carboxylic acids is 1. The molecule has 2 heteroatoms. The normalized spacial score (nSPS) is 12.4. The lowest BCUT2D eigenvalue weighted by atomic mass is 9.95. The van der Waals surface area contributed by atoms with Crippen LogP contribution in [-0.4, -0.2) is 11.1 Å². The average molecular weight is 192 g/mol. The van der Waals surface area contributed by atoms with Gasteiger partial charge in [-0.25, -0.2) is 0 Å². The number of carboxylic acid groups (broad SMARTS) is 1. The molecule has 1 atom stereocenters. The van der Waals surface area contributed by atoms with Gasteiger partial charge in [-0.05, 0) is 24.0 Å². The van der Waals surface area contributed by atoms with Crippen LogP contribution in [0.1, 0.15) is 37.3 Å². The zero-order valence-corrected chi connectivity index (χ0v) is 8.66. The number of hydrogen-bond donors (Lipinski definition) is 1. The highest BCUT2D eigenvalue weighted by Crippen LogP contribution is 2.20. The van der Waals surface area contributed by atoms with E-state index in [4.69, 9.17) is 5.11 Å². The molecular formula is C12H16O2. The molecule has 0 saturated heterocycles. The molecule has 1 unspecified atom stereocenters. The summed E-state index contributed by atoms with van der Waals surface area (Å²) in [5.74, 6) is -1.10. The molecule has 1 rings (SSSR count). The summed E-state index contributed by atoms with van der Waals surface area (Å²) >= 11 is 0. The second kappa shape index (κ2) is 4.80. The Labute approximate surface area is 84.6 Å². The Hall–Kier alpha value is -1.31. The van der Waals surface area contributed by atoms with Crippen molar-refractivity contribution in [3.05, 3.63) is 35.4 Å². The van der Waals surface area contributed by atoms with Crippen molar-refractivity contribution in [3.8, 4) is 0 Å². The fourth-order valence-electron chi connectivity index (χ4n) is 1.58. The fraction of sp³-hybridized carbons (Fsp3) is 0.417. The van der Waals surface area contributed by atoms with Gasteiger partial charge in [-0.3, -0.25) is 4.79 Å². The first kappa shape index (κ1) is 10.8. The topological polar surface area (TPSA) is 37.3 Å². The van der Waals surface area contributed by atoms with Gasteiger partial charge >= 0.3 is 5.97 Å². The molecule has 0 aliphatic rings. The van der Waals surface area contributed by atoms with Gasteiger partial charge in [0.05, 0.1) is 5.92 Å². The minimum atomic E-state index is -0.735. The summed E-state index contributed by atoms with van der Waals surface area (Å²) in [6.45, 7) is 3.97. The summed E-state index contributed by atoms with van der Waals surface area (Å²) in [7, 11) is 0. The van der Waals surface area contributed by atoms with Crippen LogP contribution in [0.3, 0.4) is 0 Å². The summed E-state index contributed by atoms with van der Waals surface area (Å²) in [5, 5.41) is 8.99. The van der Waals surface area contributed by atoms with E-state index < -0.39 is 5.97 Å².